The lowest BCUT2D eigenvalue weighted by Crippen LogP contribution is -2.46. The zero-order valence-electron chi connectivity index (χ0n) is 14.9. The van der Waals surface area contributed by atoms with Crippen molar-refractivity contribution in [2.45, 2.75) is 32.5 Å². The summed E-state index contributed by atoms with van der Waals surface area (Å²) in [6, 6.07) is 3.94. The summed E-state index contributed by atoms with van der Waals surface area (Å²) in [6.07, 6.45) is 6.18. The number of carbonyl (C=O) groups excluding carboxylic acids is 1. The third-order valence-corrected chi connectivity index (χ3v) is 4.42. The molecule has 0 aliphatic carbocycles. The Balaban J connectivity index is 1.64. The van der Waals surface area contributed by atoms with Gasteiger partial charge in [-0.15, -0.1) is 0 Å². The third kappa shape index (κ3) is 3.87. The average molecular weight is 344 g/mol. The fourth-order valence-electron chi connectivity index (χ4n) is 3.12. The predicted octanol–water partition coefficient (Wildman–Crippen LogP) is 2.06. The van der Waals surface area contributed by atoms with Gasteiger partial charge in [-0.3, -0.25) is 0 Å². The number of nitrogens with one attached hydrogen (secondary N) is 1. The van der Waals surface area contributed by atoms with Crippen molar-refractivity contribution in [3.8, 4) is 11.5 Å². The Hall–Kier alpha value is -2.70. The number of ether oxygens (including phenoxy) is 2. The minimum atomic E-state index is -0.0481. The first-order valence-corrected chi connectivity index (χ1v) is 8.35. The van der Waals surface area contributed by atoms with Crippen LogP contribution < -0.4 is 14.8 Å². The van der Waals surface area contributed by atoms with E-state index in [4.69, 9.17) is 9.47 Å². The summed E-state index contributed by atoms with van der Waals surface area (Å²) < 4.78 is 12.7. The van der Waals surface area contributed by atoms with Crippen LogP contribution in [0.1, 0.15) is 18.1 Å². The SMILES string of the molecule is COc1cc2c(cc1OC)CN(C(=O)N[C@H](C)Cn1ccnc1)CC2. The molecule has 0 unspecified atom stereocenters. The van der Waals surface area contributed by atoms with E-state index in [-0.39, 0.29) is 12.1 Å². The van der Waals surface area contributed by atoms with Gasteiger partial charge in [0.05, 0.1) is 20.5 Å². The van der Waals surface area contributed by atoms with Gasteiger partial charge in [0.15, 0.2) is 11.5 Å². The van der Waals surface area contributed by atoms with Gasteiger partial charge in [-0.1, -0.05) is 0 Å². The summed E-state index contributed by atoms with van der Waals surface area (Å²) in [5, 5.41) is 3.05. The highest BCUT2D eigenvalue weighted by Gasteiger charge is 2.23. The first-order valence-electron chi connectivity index (χ1n) is 8.35. The van der Waals surface area contributed by atoms with E-state index in [2.05, 4.69) is 10.3 Å². The molecule has 0 saturated heterocycles. The number of benzene rings is 1. The Labute approximate surface area is 147 Å². The van der Waals surface area contributed by atoms with Crippen LogP contribution in [0.3, 0.4) is 0 Å². The van der Waals surface area contributed by atoms with Gasteiger partial charge >= 0.3 is 6.03 Å². The first-order chi connectivity index (χ1) is 12.1. The molecule has 2 amide bonds. The lowest BCUT2D eigenvalue weighted by molar-refractivity contribution is 0.187. The highest BCUT2D eigenvalue weighted by Crippen LogP contribution is 2.33. The molecule has 7 heteroatoms. The van der Waals surface area contributed by atoms with Gasteiger partial charge in [-0.05, 0) is 36.6 Å². The average Bonchev–Trinajstić information content (AvgIpc) is 3.12. The fraction of sp³-hybridized carbons (Fsp3) is 0.444. The summed E-state index contributed by atoms with van der Waals surface area (Å²) in [7, 11) is 3.25. The number of methoxy groups -OCH3 is 2. The molecule has 1 aliphatic rings. The van der Waals surface area contributed by atoms with Crippen molar-refractivity contribution in [3.05, 3.63) is 42.0 Å². The standard InChI is InChI=1S/C18H24N4O3/c1-13(10-21-7-5-19-12-21)20-18(23)22-6-4-14-8-16(24-2)17(25-3)9-15(14)11-22/h5,7-9,12-13H,4,6,10-11H2,1-3H3,(H,20,23)/t13-/m1/s1. The number of carbonyl (C=O) groups is 1. The predicted molar refractivity (Wildman–Crippen MR) is 93.9 cm³/mol. The highest BCUT2D eigenvalue weighted by atomic mass is 16.5. The molecule has 0 bridgehead atoms. The van der Waals surface area contributed by atoms with E-state index in [0.717, 1.165) is 17.7 Å². The second-order valence-corrected chi connectivity index (χ2v) is 6.26. The van der Waals surface area contributed by atoms with Crippen LogP contribution >= 0.6 is 0 Å². The minimum absolute atomic E-state index is 0.0218. The van der Waals surface area contributed by atoms with Crippen LogP contribution in [0.4, 0.5) is 4.79 Å². The molecule has 1 aromatic carbocycles. The topological polar surface area (TPSA) is 68.6 Å². The number of hydrogen-bond acceptors (Lipinski definition) is 4. The van der Waals surface area contributed by atoms with Gasteiger partial charge in [-0.2, -0.15) is 0 Å². The molecule has 25 heavy (non-hydrogen) atoms. The van der Waals surface area contributed by atoms with Gasteiger partial charge in [0, 0.05) is 38.1 Å². The van der Waals surface area contributed by atoms with Crippen molar-refractivity contribution in [3.63, 3.8) is 0 Å². The summed E-state index contributed by atoms with van der Waals surface area (Å²) in [4.78, 5) is 18.4. The van der Waals surface area contributed by atoms with Crippen LogP contribution in [0, 0.1) is 0 Å². The second kappa shape index (κ2) is 7.46. The molecule has 0 fully saturated rings. The Morgan fingerprint density at radius 2 is 2.00 bits per heavy atom. The zero-order valence-corrected chi connectivity index (χ0v) is 14.9. The van der Waals surface area contributed by atoms with E-state index < -0.39 is 0 Å². The Morgan fingerprint density at radius 3 is 2.64 bits per heavy atom. The number of nitrogens with zero attached hydrogens (tertiary/aromatic N) is 3. The Bertz CT molecular complexity index is 730. The zero-order chi connectivity index (χ0) is 17.8. The Morgan fingerprint density at radius 1 is 1.28 bits per heavy atom. The van der Waals surface area contributed by atoms with Crippen molar-refractivity contribution in [1.29, 1.82) is 0 Å². The van der Waals surface area contributed by atoms with Crippen LogP contribution in [0.2, 0.25) is 0 Å². The van der Waals surface area contributed by atoms with Gasteiger partial charge in [0.2, 0.25) is 0 Å². The summed E-state index contributed by atoms with van der Waals surface area (Å²) in [5.41, 5.74) is 2.30. The Kier molecular flexibility index (Phi) is 5.11. The molecule has 2 aromatic rings. The summed E-state index contributed by atoms with van der Waals surface area (Å²) in [5.74, 6) is 1.42. The maximum absolute atomic E-state index is 12.6. The molecule has 0 radical (unpaired) electrons. The quantitative estimate of drug-likeness (QED) is 0.901. The van der Waals surface area contributed by atoms with Crippen LogP contribution in [0.25, 0.3) is 0 Å². The summed E-state index contributed by atoms with van der Waals surface area (Å²) >= 11 is 0. The fourth-order valence-corrected chi connectivity index (χ4v) is 3.12. The van der Waals surface area contributed by atoms with Gasteiger partial charge in [0.1, 0.15) is 0 Å². The molecule has 7 nitrogen and oxygen atoms in total. The largest absolute Gasteiger partial charge is 0.493 e. The molecule has 1 aliphatic heterocycles. The van der Waals surface area contributed by atoms with Crippen LogP contribution in [-0.4, -0.2) is 47.3 Å². The third-order valence-electron chi connectivity index (χ3n) is 4.42. The van der Waals surface area contributed by atoms with Gasteiger partial charge in [-0.25, -0.2) is 9.78 Å². The molecule has 0 saturated carbocycles. The molecule has 0 spiro atoms. The molecule has 2 heterocycles. The molecule has 1 N–H and O–H groups in total. The van der Waals surface area contributed by atoms with E-state index in [0.29, 0.717) is 25.4 Å². The second-order valence-electron chi connectivity index (χ2n) is 6.26. The van der Waals surface area contributed by atoms with Gasteiger partial charge in [0.25, 0.3) is 0 Å². The maximum Gasteiger partial charge on any atom is 0.317 e. The number of rotatable bonds is 5. The number of amides is 2. The van der Waals surface area contributed by atoms with Crippen molar-refractivity contribution in [2.24, 2.45) is 0 Å². The van der Waals surface area contributed by atoms with E-state index in [1.165, 1.54) is 5.56 Å². The normalized spacial score (nSPS) is 14.6. The highest BCUT2D eigenvalue weighted by molar-refractivity contribution is 5.75. The minimum Gasteiger partial charge on any atom is -0.493 e. The van der Waals surface area contributed by atoms with Crippen molar-refractivity contribution in [1.82, 2.24) is 19.8 Å². The summed E-state index contributed by atoms with van der Waals surface area (Å²) in [6.45, 7) is 3.94. The van der Waals surface area contributed by atoms with E-state index in [1.54, 1.807) is 26.7 Å². The molecule has 1 aromatic heterocycles. The van der Waals surface area contributed by atoms with E-state index >= 15 is 0 Å². The van der Waals surface area contributed by atoms with Crippen molar-refractivity contribution < 1.29 is 14.3 Å². The lowest BCUT2D eigenvalue weighted by atomic mass is 9.99. The van der Waals surface area contributed by atoms with Crippen molar-refractivity contribution in [2.75, 3.05) is 20.8 Å². The van der Waals surface area contributed by atoms with E-state index in [1.807, 2.05) is 34.7 Å². The van der Waals surface area contributed by atoms with E-state index in [9.17, 15) is 4.79 Å². The molecule has 3 rings (SSSR count). The molecular weight excluding hydrogens is 320 g/mol. The number of imidazole rings is 1. The first kappa shape index (κ1) is 17.1. The number of urea groups is 1. The van der Waals surface area contributed by atoms with Gasteiger partial charge < -0.3 is 24.3 Å². The smallest absolute Gasteiger partial charge is 0.317 e. The van der Waals surface area contributed by atoms with Crippen LogP contribution in [0.5, 0.6) is 11.5 Å². The van der Waals surface area contributed by atoms with Crippen LogP contribution in [-0.2, 0) is 19.5 Å². The molecular formula is C18H24N4O3. The number of fused-ring (bicyclic) bond motifs is 1. The van der Waals surface area contributed by atoms with Crippen LogP contribution in [0.15, 0.2) is 30.9 Å². The monoisotopic (exact) mass is 344 g/mol. The molecule has 1 atom stereocenters. The number of aromatic nitrogens is 2. The molecule has 134 valence electrons. The number of hydrogen-bond donors (Lipinski definition) is 1. The van der Waals surface area contributed by atoms with Crippen molar-refractivity contribution >= 4 is 6.03 Å². The lowest BCUT2D eigenvalue weighted by Gasteiger charge is -2.30. The maximum atomic E-state index is 12.6.